The molecule has 1 aromatic heterocycles. The lowest BCUT2D eigenvalue weighted by Gasteiger charge is -2.50. The predicted octanol–water partition coefficient (Wildman–Crippen LogP) is 2.14. The van der Waals surface area contributed by atoms with Crippen LogP contribution >= 0.6 is 0 Å². The van der Waals surface area contributed by atoms with Gasteiger partial charge in [0.1, 0.15) is 5.56 Å². The van der Waals surface area contributed by atoms with Crippen LogP contribution in [0.5, 0.6) is 0 Å². The first-order valence-corrected chi connectivity index (χ1v) is 10.0. The summed E-state index contributed by atoms with van der Waals surface area (Å²) in [7, 11) is 0. The van der Waals surface area contributed by atoms with E-state index in [1.54, 1.807) is 0 Å². The van der Waals surface area contributed by atoms with Gasteiger partial charge in [-0.1, -0.05) is 31.5 Å². The maximum atomic E-state index is 13.3. The molecule has 1 aliphatic carbocycles. The van der Waals surface area contributed by atoms with Gasteiger partial charge in [0.2, 0.25) is 0 Å². The van der Waals surface area contributed by atoms with Gasteiger partial charge in [-0.3, -0.25) is 19.1 Å². The zero-order valence-electron chi connectivity index (χ0n) is 15.4. The Hall–Kier alpha value is -2.40. The van der Waals surface area contributed by atoms with E-state index in [2.05, 4.69) is 24.0 Å². The molecule has 4 unspecified atom stereocenters. The number of carbonyl (C=O) groups excluding carboxylic acids is 1. The SMILES string of the molecule is CCC1CN2CCC34c5ccccc5-n5c3c(cc(C(N)=O)c5=O)C1CC24. The zero-order chi connectivity index (χ0) is 18.5. The van der Waals surface area contributed by atoms with E-state index in [9.17, 15) is 9.59 Å². The van der Waals surface area contributed by atoms with Crippen LogP contribution in [0.3, 0.4) is 0 Å². The summed E-state index contributed by atoms with van der Waals surface area (Å²) in [4.78, 5) is 28.0. The molecule has 4 atom stereocenters. The molecule has 0 radical (unpaired) electrons. The van der Waals surface area contributed by atoms with E-state index in [0.717, 1.165) is 43.7 Å². The van der Waals surface area contributed by atoms with Gasteiger partial charge >= 0.3 is 0 Å². The highest BCUT2D eigenvalue weighted by Gasteiger charge is 2.62. The molecule has 4 heterocycles. The molecular formula is C22H23N3O2. The number of fused-ring (bicyclic) bond motifs is 4. The first kappa shape index (κ1) is 15.6. The number of pyridine rings is 1. The largest absolute Gasteiger partial charge is 0.365 e. The van der Waals surface area contributed by atoms with Gasteiger partial charge in [0.15, 0.2) is 0 Å². The van der Waals surface area contributed by atoms with E-state index in [1.807, 2.05) is 22.8 Å². The van der Waals surface area contributed by atoms with Crippen molar-refractivity contribution in [3.05, 3.63) is 63.1 Å². The van der Waals surface area contributed by atoms with Gasteiger partial charge < -0.3 is 5.73 Å². The third kappa shape index (κ3) is 1.61. The van der Waals surface area contributed by atoms with Crippen LogP contribution in [0.4, 0.5) is 0 Å². The Balaban J connectivity index is 1.79. The average Bonchev–Trinajstić information content (AvgIpc) is 3.21. The number of aromatic nitrogens is 1. The Morgan fingerprint density at radius 3 is 2.93 bits per heavy atom. The van der Waals surface area contributed by atoms with Crippen LogP contribution in [-0.2, 0) is 5.41 Å². The summed E-state index contributed by atoms with van der Waals surface area (Å²) in [6.45, 7) is 4.44. The molecule has 1 spiro atoms. The summed E-state index contributed by atoms with van der Waals surface area (Å²) in [6.07, 6.45) is 3.26. The Kier molecular flexibility index (Phi) is 2.84. The van der Waals surface area contributed by atoms with E-state index < -0.39 is 5.91 Å². The van der Waals surface area contributed by atoms with Crippen molar-refractivity contribution in [1.82, 2.24) is 9.47 Å². The minimum Gasteiger partial charge on any atom is -0.365 e. The van der Waals surface area contributed by atoms with E-state index >= 15 is 0 Å². The van der Waals surface area contributed by atoms with Crippen molar-refractivity contribution in [3.63, 3.8) is 0 Å². The van der Waals surface area contributed by atoms with Gasteiger partial charge in [0, 0.05) is 18.3 Å². The Labute approximate surface area is 157 Å². The molecule has 3 aliphatic heterocycles. The Morgan fingerprint density at radius 2 is 2.15 bits per heavy atom. The minimum atomic E-state index is -0.621. The number of hydrogen-bond acceptors (Lipinski definition) is 3. The normalized spacial score (nSPS) is 32.3. The number of benzene rings is 1. The van der Waals surface area contributed by atoms with Crippen LogP contribution in [0, 0.1) is 5.92 Å². The van der Waals surface area contributed by atoms with Crippen molar-refractivity contribution in [2.24, 2.45) is 11.7 Å². The van der Waals surface area contributed by atoms with Crippen LogP contribution in [0.2, 0.25) is 0 Å². The molecule has 0 saturated carbocycles. The second-order valence-electron chi connectivity index (χ2n) is 8.63. The maximum absolute atomic E-state index is 13.3. The molecule has 2 saturated heterocycles. The molecular weight excluding hydrogens is 338 g/mol. The van der Waals surface area contributed by atoms with Gasteiger partial charge in [-0.2, -0.15) is 0 Å². The average molecular weight is 361 g/mol. The lowest BCUT2D eigenvalue weighted by Crippen LogP contribution is -2.54. The van der Waals surface area contributed by atoms with E-state index in [-0.39, 0.29) is 16.5 Å². The molecule has 2 aromatic rings. The fourth-order valence-corrected chi connectivity index (χ4v) is 6.73. The number of amides is 1. The fourth-order valence-electron chi connectivity index (χ4n) is 6.73. The lowest BCUT2D eigenvalue weighted by molar-refractivity contribution is 0.0899. The standard InChI is InChI=1S/C22H23N3O2/c1-2-12-11-24-8-7-22-16-5-3-4-6-17(16)25-19(22)14(13(12)10-18(22)24)9-15(20(23)26)21(25)27/h3-6,9,12-13,18H,2,7-8,10-11H2,1H3,(H2,23,26). The predicted molar refractivity (Wildman–Crippen MR) is 102 cm³/mol. The number of rotatable bonds is 2. The molecule has 5 heteroatoms. The highest BCUT2D eigenvalue weighted by atomic mass is 16.2. The van der Waals surface area contributed by atoms with Gasteiger partial charge in [-0.25, -0.2) is 0 Å². The van der Waals surface area contributed by atoms with Gasteiger partial charge in [0.05, 0.1) is 11.1 Å². The van der Waals surface area contributed by atoms with E-state index in [4.69, 9.17) is 5.73 Å². The van der Waals surface area contributed by atoms with Crippen molar-refractivity contribution in [2.45, 2.75) is 43.6 Å². The first-order valence-electron chi connectivity index (χ1n) is 10.0. The van der Waals surface area contributed by atoms with Crippen LogP contribution in [0.15, 0.2) is 35.1 Å². The van der Waals surface area contributed by atoms with Crippen LogP contribution < -0.4 is 11.3 Å². The summed E-state index contributed by atoms with van der Waals surface area (Å²) in [5.41, 5.74) is 9.94. The van der Waals surface area contributed by atoms with E-state index in [1.165, 1.54) is 11.1 Å². The van der Waals surface area contributed by atoms with Gasteiger partial charge in [0.25, 0.3) is 11.5 Å². The summed E-state index contributed by atoms with van der Waals surface area (Å²) in [5, 5.41) is 0. The van der Waals surface area contributed by atoms with Crippen LogP contribution in [0.25, 0.3) is 5.69 Å². The summed E-state index contributed by atoms with van der Waals surface area (Å²) >= 11 is 0. The molecule has 5 nitrogen and oxygen atoms in total. The second-order valence-corrected chi connectivity index (χ2v) is 8.63. The third-order valence-corrected chi connectivity index (χ3v) is 7.79. The molecule has 1 amide bonds. The Bertz CT molecular complexity index is 1070. The number of nitrogens with two attached hydrogens (primary N) is 1. The molecule has 2 bridgehead atoms. The Morgan fingerprint density at radius 1 is 1.33 bits per heavy atom. The number of para-hydroxylation sites is 1. The fraction of sp³-hybridized carbons (Fsp3) is 0.455. The quantitative estimate of drug-likeness (QED) is 0.891. The van der Waals surface area contributed by atoms with Crippen LogP contribution in [0.1, 0.15) is 59.3 Å². The van der Waals surface area contributed by atoms with Crippen molar-refractivity contribution >= 4 is 5.91 Å². The monoisotopic (exact) mass is 361 g/mol. The number of primary amides is 1. The van der Waals surface area contributed by atoms with E-state index in [0.29, 0.717) is 17.9 Å². The van der Waals surface area contributed by atoms with Crippen molar-refractivity contribution in [2.75, 3.05) is 13.1 Å². The topological polar surface area (TPSA) is 68.3 Å². The molecule has 4 aliphatic rings. The van der Waals surface area contributed by atoms with Gasteiger partial charge in [-0.05, 0) is 54.5 Å². The van der Waals surface area contributed by atoms with Crippen molar-refractivity contribution in [1.29, 1.82) is 0 Å². The smallest absolute Gasteiger partial charge is 0.268 e. The third-order valence-electron chi connectivity index (χ3n) is 7.79. The van der Waals surface area contributed by atoms with Crippen molar-refractivity contribution in [3.8, 4) is 5.69 Å². The van der Waals surface area contributed by atoms with Crippen LogP contribution in [-0.4, -0.2) is 34.5 Å². The second kappa shape index (κ2) is 4.90. The first-order chi connectivity index (χ1) is 13.1. The number of piperidine rings is 1. The molecule has 1 aromatic carbocycles. The molecule has 2 fully saturated rings. The summed E-state index contributed by atoms with van der Waals surface area (Å²) < 4.78 is 1.84. The zero-order valence-corrected chi connectivity index (χ0v) is 15.4. The number of carbonyl (C=O) groups is 1. The number of nitrogens with zero attached hydrogens (tertiary/aromatic N) is 2. The summed E-state index contributed by atoms with van der Waals surface area (Å²) in [5.74, 6) is 0.338. The van der Waals surface area contributed by atoms with Gasteiger partial charge in [-0.15, -0.1) is 0 Å². The molecule has 6 rings (SSSR count). The number of hydrogen-bond donors (Lipinski definition) is 1. The summed E-state index contributed by atoms with van der Waals surface area (Å²) in [6, 6.07) is 10.6. The molecule has 138 valence electrons. The maximum Gasteiger partial charge on any atom is 0.268 e. The highest BCUT2D eigenvalue weighted by Crippen LogP contribution is 2.61. The molecule has 27 heavy (non-hydrogen) atoms. The lowest BCUT2D eigenvalue weighted by atomic mass is 9.60. The molecule has 2 N–H and O–H groups in total. The highest BCUT2D eigenvalue weighted by molar-refractivity contribution is 5.93. The minimum absolute atomic E-state index is 0.115. The van der Waals surface area contributed by atoms with Crippen molar-refractivity contribution < 1.29 is 4.79 Å².